The Morgan fingerprint density at radius 2 is 2.05 bits per heavy atom. The van der Waals surface area contributed by atoms with E-state index in [4.69, 9.17) is 5.73 Å². The maximum atomic E-state index is 5.93. The third-order valence-corrected chi connectivity index (χ3v) is 5.02. The highest BCUT2D eigenvalue weighted by Gasteiger charge is 2.19. The van der Waals surface area contributed by atoms with E-state index in [2.05, 4.69) is 44.1 Å². The number of benzene rings is 1. The van der Waals surface area contributed by atoms with Crippen LogP contribution >= 0.6 is 23.7 Å². The predicted octanol–water partition coefficient (Wildman–Crippen LogP) is 4.32. The van der Waals surface area contributed by atoms with E-state index in [1.807, 2.05) is 29.1 Å². The number of rotatable bonds is 2. The van der Waals surface area contributed by atoms with Crippen LogP contribution in [-0.2, 0) is 12.0 Å². The lowest BCUT2D eigenvalue weighted by atomic mass is 9.94. The van der Waals surface area contributed by atoms with Crippen molar-refractivity contribution in [2.45, 2.75) is 45.7 Å². The summed E-state index contributed by atoms with van der Waals surface area (Å²) in [5.41, 5.74) is 7.33. The molecule has 21 heavy (non-hydrogen) atoms. The monoisotopic (exact) mass is 323 g/mol. The maximum absolute atomic E-state index is 5.93. The van der Waals surface area contributed by atoms with Crippen LogP contribution in [0.3, 0.4) is 0 Å². The molecular formula is C16H22ClN3S. The quantitative estimate of drug-likeness (QED) is 0.763. The molecule has 114 valence electrons. The second-order valence-electron chi connectivity index (χ2n) is 6.58. The Morgan fingerprint density at radius 3 is 2.67 bits per heavy atom. The molecule has 0 aliphatic heterocycles. The highest BCUT2D eigenvalue weighted by Crippen LogP contribution is 2.37. The van der Waals surface area contributed by atoms with Crippen LogP contribution < -0.4 is 5.73 Å². The van der Waals surface area contributed by atoms with Crippen LogP contribution in [0, 0.1) is 0 Å². The van der Waals surface area contributed by atoms with Gasteiger partial charge < -0.3 is 5.73 Å². The van der Waals surface area contributed by atoms with Gasteiger partial charge in [-0.2, -0.15) is 5.10 Å². The minimum absolute atomic E-state index is 0. The molecule has 0 aliphatic rings. The average Bonchev–Trinajstić information content (AvgIpc) is 2.90. The molecule has 1 atom stereocenters. The molecule has 0 radical (unpaired) electrons. The number of nitrogens with zero attached hydrogens (tertiary/aromatic N) is 2. The molecule has 0 saturated carbocycles. The molecule has 0 fully saturated rings. The van der Waals surface area contributed by atoms with Crippen molar-refractivity contribution in [1.29, 1.82) is 0 Å². The first kappa shape index (κ1) is 16.3. The molecule has 2 N–H and O–H groups in total. The highest BCUT2D eigenvalue weighted by molar-refractivity contribution is 7.19. The van der Waals surface area contributed by atoms with Crippen LogP contribution in [-0.4, -0.2) is 15.8 Å². The minimum atomic E-state index is 0. The van der Waals surface area contributed by atoms with Gasteiger partial charge in [0.25, 0.3) is 0 Å². The lowest BCUT2D eigenvalue weighted by molar-refractivity contribution is 0.554. The van der Waals surface area contributed by atoms with Crippen molar-refractivity contribution >= 4 is 44.7 Å². The van der Waals surface area contributed by atoms with Crippen LogP contribution in [0.15, 0.2) is 24.4 Å². The van der Waals surface area contributed by atoms with E-state index in [0.29, 0.717) is 0 Å². The number of nitrogens with two attached hydrogens (primary N) is 1. The molecule has 0 amide bonds. The molecule has 3 rings (SSSR count). The zero-order valence-corrected chi connectivity index (χ0v) is 14.5. The average molecular weight is 324 g/mol. The Hall–Kier alpha value is -1.10. The number of hydrogen-bond donors (Lipinski definition) is 1. The molecule has 3 aromatic rings. The lowest BCUT2D eigenvalue weighted by Gasteiger charge is -2.14. The summed E-state index contributed by atoms with van der Waals surface area (Å²) in [7, 11) is 0. The van der Waals surface area contributed by atoms with Crippen molar-refractivity contribution in [3.05, 3.63) is 29.3 Å². The topological polar surface area (TPSA) is 43.8 Å². The predicted molar refractivity (Wildman–Crippen MR) is 94.7 cm³/mol. The summed E-state index contributed by atoms with van der Waals surface area (Å²) in [4.78, 5) is 1.41. The van der Waals surface area contributed by atoms with Gasteiger partial charge in [-0.05, 0) is 30.5 Å². The van der Waals surface area contributed by atoms with Crippen LogP contribution in [0.25, 0.3) is 21.0 Å². The molecular weight excluding hydrogens is 302 g/mol. The second kappa shape index (κ2) is 5.59. The summed E-state index contributed by atoms with van der Waals surface area (Å²) < 4.78 is 3.37. The first-order valence-electron chi connectivity index (χ1n) is 7.00. The zero-order valence-electron chi connectivity index (χ0n) is 12.9. The summed E-state index contributed by atoms with van der Waals surface area (Å²) >= 11 is 1.88. The molecule has 0 unspecified atom stereocenters. The van der Waals surface area contributed by atoms with Crippen LogP contribution in [0.2, 0.25) is 0 Å². The minimum Gasteiger partial charge on any atom is -0.326 e. The molecule has 5 heteroatoms. The molecule has 1 aromatic carbocycles. The lowest BCUT2D eigenvalue weighted by Crippen LogP contribution is -2.22. The number of aromatic nitrogens is 2. The van der Waals surface area contributed by atoms with Crippen molar-refractivity contribution < 1.29 is 0 Å². The number of thiophene rings is 1. The number of halogens is 1. The van der Waals surface area contributed by atoms with Gasteiger partial charge in [0.05, 0.1) is 18.3 Å². The Kier molecular flexibility index (Phi) is 4.34. The summed E-state index contributed by atoms with van der Waals surface area (Å²) in [6.45, 7) is 9.54. The van der Waals surface area contributed by atoms with E-state index < -0.39 is 0 Å². The van der Waals surface area contributed by atoms with E-state index in [-0.39, 0.29) is 23.9 Å². The summed E-state index contributed by atoms with van der Waals surface area (Å²) in [6.07, 6.45) is 1.94. The number of hydrogen-bond acceptors (Lipinski definition) is 3. The third-order valence-electron chi connectivity index (χ3n) is 3.50. The Labute approximate surface area is 135 Å². The Balaban J connectivity index is 0.00000161. The molecule has 2 aromatic heterocycles. The molecule has 0 spiro atoms. The van der Waals surface area contributed by atoms with Gasteiger partial charge in [-0.1, -0.05) is 20.8 Å². The van der Waals surface area contributed by atoms with Gasteiger partial charge in [-0.3, -0.25) is 4.68 Å². The zero-order chi connectivity index (χ0) is 14.5. The third kappa shape index (κ3) is 2.93. The normalized spacial score (nSPS) is 13.6. The van der Waals surface area contributed by atoms with E-state index in [1.165, 1.54) is 25.9 Å². The van der Waals surface area contributed by atoms with Crippen LogP contribution in [0.5, 0.6) is 0 Å². The SMILES string of the molecule is C[C@H](N)Cn1ncc2ccc3sc(C(C)(C)C)cc3c21.Cl. The molecule has 0 bridgehead atoms. The summed E-state index contributed by atoms with van der Waals surface area (Å²) in [5, 5.41) is 6.99. The van der Waals surface area contributed by atoms with E-state index in [9.17, 15) is 0 Å². The fourth-order valence-corrected chi connectivity index (χ4v) is 3.60. The Bertz CT molecular complexity index is 765. The van der Waals surface area contributed by atoms with Crippen molar-refractivity contribution in [3.63, 3.8) is 0 Å². The van der Waals surface area contributed by atoms with Crippen molar-refractivity contribution in [2.24, 2.45) is 5.73 Å². The molecule has 3 nitrogen and oxygen atoms in total. The smallest absolute Gasteiger partial charge is 0.0769 e. The van der Waals surface area contributed by atoms with Crippen molar-refractivity contribution in [1.82, 2.24) is 9.78 Å². The highest BCUT2D eigenvalue weighted by atomic mass is 35.5. The maximum Gasteiger partial charge on any atom is 0.0769 e. The van der Waals surface area contributed by atoms with Gasteiger partial charge in [0.2, 0.25) is 0 Å². The first-order chi connectivity index (χ1) is 9.36. The fraction of sp³-hybridized carbons (Fsp3) is 0.438. The fourth-order valence-electron chi connectivity index (χ4n) is 2.48. The van der Waals surface area contributed by atoms with E-state index in [1.54, 1.807) is 0 Å². The largest absolute Gasteiger partial charge is 0.326 e. The molecule has 0 aliphatic carbocycles. The standard InChI is InChI=1S/C16H21N3S.ClH/c1-10(17)9-19-15-11(8-18-19)5-6-13-12(15)7-14(20-13)16(2,3)4;/h5-8,10H,9,17H2,1-4H3;1H/t10-;/m0./s1. The van der Waals surface area contributed by atoms with Gasteiger partial charge in [-0.25, -0.2) is 0 Å². The first-order valence-corrected chi connectivity index (χ1v) is 7.82. The van der Waals surface area contributed by atoms with Crippen molar-refractivity contribution in [2.75, 3.05) is 0 Å². The van der Waals surface area contributed by atoms with Gasteiger partial charge in [0.1, 0.15) is 0 Å². The summed E-state index contributed by atoms with van der Waals surface area (Å²) in [5.74, 6) is 0. The second-order valence-corrected chi connectivity index (χ2v) is 7.66. The van der Waals surface area contributed by atoms with Crippen LogP contribution in [0.1, 0.15) is 32.6 Å². The summed E-state index contributed by atoms with van der Waals surface area (Å²) in [6, 6.07) is 6.79. The molecule has 0 saturated heterocycles. The molecule has 2 heterocycles. The van der Waals surface area contributed by atoms with E-state index in [0.717, 1.165) is 6.54 Å². The van der Waals surface area contributed by atoms with Crippen LogP contribution in [0.4, 0.5) is 0 Å². The number of fused-ring (bicyclic) bond motifs is 3. The van der Waals surface area contributed by atoms with Crippen molar-refractivity contribution in [3.8, 4) is 0 Å². The Morgan fingerprint density at radius 1 is 1.33 bits per heavy atom. The van der Waals surface area contributed by atoms with Gasteiger partial charge in [0, 0.05) is 26.4 Å². The van der Waals surface area contributed by atoms with Gasteiger partial charge >= 0.3 is 0 Å². The van der Waals surface area contributed by atoms with Gasteiger partial charge in [0.15, 0.2) is 0 Å². The van der Waals surface area contributed by atoms with Gasteiger partial charge in [-0.15, -0.1) is 23.7 Å². The van der Waals surface area contributed by atoms with E-state index >= 15 is 0 Å².